The van der Waals surface area contributed by atoms with E-state index < -0.39 is 11.7 Å². The molecule has 5 rings (SSSR count). The molecular weight excluding hydrogens is 401 g/mol. The van der Waals surface area contributed by atoms with Gasteiger partial charge in [0.1, 0.15) is 5.69 Å². The largest absolute Gasteiger partial charge is 0.319 e. The Bertz CT molecular complexity index is 1160. The van der Waals surface area contributed by atoms with Gasteiger partial charge in [0.05, 0.1) is 23.8 Å². The molecule has 1 atom stereocenters. The Morgan fingerprint density at radius 1 is 1.26 bits per heavy atom. The maximum Gasteiger partial charge on any atom is 0.275 e. The minimum Gasteiger partial charge on any atom is -0.319 e. The number of hydrogen-bond acceptors (Lipinski definition) is 6. The van der Waals surface area contributed by atoms with Gasteiger partial charge >= 0.3 is 0 Å². The molecule has 2 aliphatic rings. The van der Waals surface area contributed by atoms with Crippen LogP contribution < -0.4 is 15.5 Å². The van der Waals surface area contributed by atoms with E-state index in [1.54, 1.807) is 24.2 Å². The molecule has 0 aromatic carbocycles. The number of fused-ring (bicyclic) bond motifs is 1. The fraction of sp³-hybridized carbons (Fsp3) is 0.381. The van der Waals surface area contributed by atoms with Crippen molar-refractivity contribution < 1.29 is 14.0 Å². The van der Waals surface area contributed by atoms with Crippen LogP contribution in [-0.4, -0.2) is 50.3 Å². The third kappa shape index (κ3) is 4.11. The van der Waals surface area contributed by atoms with Crippen LogP contribution in [0.2, 0.25) is 0 Å². The summed E-state index contributed by atoms with van der Waals surface area (Å²) in [5.74, 6) is -0.376. The van der Waals surface area contributed by atoms with E-state index in [1.807, 2.05) is 0 Å². The summed E-state index contributed by atoms with van der Waals surface area (Å²) in [5.41, 5.74) is 1.22. The highest BCUT2D eigenvalue weighted by molar-refractivity contribution is 6.03. The summed E-state index contributed by atoms with van der Waals surface area (Å²) >= 11 is 0. The Labute approximate surface area is 177 Å². The van der Waals surface area contributed by atoms with E-state index in [-0.39, 0.29) is 28.9 Å². The van der Waals surface area contributed by atoms with Crippen LogP contribution >= 0.6 is 0 Å². The Hall–Kier alpha value is -3.40. The van der Waals surface area contributed by atoms with Crippen molar-refractivity contribution in [2.24, 2.45) is 5.92 Å². The molecule has 1 saturated carbocycles. The van der Waals surface area contributed by atoms with E-state index in [0.717, 1.165) is 6.54 Å². The van der Waals surface area contributed by atoms with Gasteiger partial charge in [-0.3, -0.25) is 14.5 Å². The highest BCUT2D eigenvalue weighted by Gasteiger charge is 2.32. The lowest BCUT2D eigenvalue weighted by Gasteiger charge is -2.15. The molecule has 0 bridgehead atoms. The minimum absolute atomic E-state index is 0.00787. The molecule has 10 heteroatoms. The van der Waals surface area contributed by atoms with Crippen LogP contribution in [0.15, 0.2) is 30.9 Å². The number of imidazole rings is 1. The smallest absolute Gasteiger partial charge is 0.275 e. The number of halogens is 1. The summed E-state index contributed by atoms with van der Waals surface area (Å²) in [4.78, 5) is 39.0. The summed E-state index contributed by atoms with van der Waals surface area (Å²) in [6.45, 7) is 3.17. The van der Waals surface area contributed by atoms with Crippen molar-refractivity contribution >= 4 is 29.0 Å². The molecule has 1 saturated heterocycles. The second kappa shape index (κ2) is 7.69. The number of aryl methyl sites for hydroxylation is 1. The van der Waals surface area contributed by atoms with E-state index in [4.69, 9.17) is 0 Å². The number of anilines is 2. The standard InChI is InChI=1S/C21H22FN7O2/c1-12-9-28-11-15(5-16(22)20(28)26-12)27-21(31)17-7-25-18(8-24-17)29-10-13(4-19(29)30)6-23-14-2-3-14/h5,7-9,11,13-14,23H,2-4,6,10H2,1H3,(H,27,31). The van der Waals surface area contributed by atoms with Crippen molar-refractivity contribution in [1.29, 1.82) is 0 Å². The molecule has 0 spiro atoms. The van der Waals surface area contributed by atoms with E-state index in [9.17, 15) is 14.0 Å². The molecule has 4 heterocycles. The van der Waals surface area contributed by atoms with Gasteiger partial charge in [-0.05, 0) is 25.7 Å². The molecule has 1 unspecified atom stereocenters. The van der Waals surface area contributed by atoms with E-state index in [2.05, 4.69) is 25.6 Å². The zero-order valence-electron chi connectivity index (χ0n) is 17.0. The van der Waals surface area contributed by atoms with Gasteiger partial charge in [-0.15, -0.1) is 0 Å². The second-order valence-electron chi connectivity index (χ2n) is 8.16. The number of nitrogens with one attached hydrogen (secondary N) is 2. The highest BCUT2D eigenvalue weighted by atomic mass is 19.1. The lowest BCUT2D eigenvalue weighted by Crippen LogP contribution is -2.29. The molecular formula is C21H22FN7O2. The van der Waals surface area contributed by atoms with E-state index >= 15 is 0 Å². The first-order valence-electron chi connectivity index (χ1n) is 10.3. The molecule has 3 aromatic heterocycles. The van der Waals surface area contributed by atoms with E-state index in [0.29, 0.717) is 30.5 Å². The zero-order chi connectivity index (χ0) is 21.5. The topological polar surface area (TPSA) is 105 Å². The second-order valence-corrected chi connectivity index (χ2v) is 8.16. The number of rotatable bonds is 6. The molecule has 0 radical (unpaired) electrons. The Morgan fingerprint density at radius 3 is 2.84 bits per heavy atom. The fourth-order valence-electron chi connectivity index (χ4n) is 3.78. The van der Waals surface area contributed by atoms with Gasteiger partial charge in [-0.25, -0.2) is 19.3 Å². The third-order valence-electron chi connectivity index (χ3n) is 5.51. The minimum atomic E-state index is -0.536. The van der Waals surface area contributed by atoms with Crippen LogP contribution in [0.1, 0.15) is 35.4 Å². The van der Waals surface area contributed by atoms with Gasteiger partial charge in [-0.2, -0.15) is 0 Å². The summed E-state index contributed by atoms with van der Waals surface area (Å²) in [5, 5.41) is 6.07. The lowest BCUT2D eigenvalue weighted by molar-refractivity contribution is -0.117. The zero-order valence-corrected chi connectivity index (χ0v) is 17.0. The first-order chi connectivity index (χ1) is 15.0. The molecule has 2 N–H and O–H groups in total. The molecule has 3 aromatic rings. The first kappa shape index (κ1) is 19.6. The normalized spacial score (nSPS) is 18.7. The maximum atomic E-state index is 14.2. The molecule has 1 aliphatic heterocycles. The van der Waals surface area contributed by atoms with E-state index in [1.165, 1.54) is 35.7 Å². The predicted octanol–water partition coefficient (Wildman–Crippen LogP) is 1.93. The summed E-state index contributed by atoms with van der Waals surface area (Å²) in [7, 11) is 0. The molecule has 160 valence electrons. The van der Waals surface area contributed by atoms with Crippen LogP contribution in [0, 0.1) is 18.7 Å². The maximum absolute atomic E-state index is 14.2. The number of carbonyl (C=O) groups is 2. The Balaban J connectivity index is 1.25. The van der Waals surface area contributed by atoms with Gasteiger partial charge in [0.15, 0.2) is 17.3 Å². The average molecular weight is 423 g/mol. The Morgan fingerprint density at radius 2 is 2.10 bits per heavy atom. The molecule has 9 nitrogen and oxygen atoms in total. The SMILES string of the molecule is Cc1cn2cc(NC(=O)c3cnc(N4CC(CNC5CC5)CC4=O)cn3)cc(F)c2n1. The third-order valence-corrected chi connectivity index (χ3v) is 5.51. The van der Waals surface area contributed by atoms with Crippen molar-refractivity contribution in [1.82, 2.24) is 24.7 Å². The number of pyridine rings is 1. The molecule has 1 aliphatic carbocycles. The fourth-order valence-corrected chi connectivity index (χ4v) is 3.78. The van der Waals surface area contributed by atoms with Crippen LogP contribution in [0.3, 0.4) is 0 Å². The van der Waals surface area contributed by atoms with Crippen LogP contribution in [-0.2, 0) is 4.79 Å². The quantitative estimate of drug-likeness (QED) is 0.628. The van der Waals surface area contributed by atoms with Crippen molar-refractivity contribution in [3.05, 3.63) is 48.1 Å². The number of hydrogen-bond donors (Lipinski definition) is 2. The van der Waals surface area contributed by atoms with Crippen LogP contribution in [0.4, 0.5) is 15.9 Å². The highest BCUT2D eigenvalue weighted by Crippen LogP contribution is 2.25. The van der Waals surface area contributed by atoms with Gasteiger partial charge in [0.2, 0.25) is 5.91 Å². The Kier molecular flexibility index (Phi) is 4.85. The lowest BCUT2D eigenvalue weighted by atomic mass is 10.1. The number of carbonyl (C=O) groups excluding carboxylic acids is 2. The molecule has 2 amide bonds. The van der Waals surface area contributed by atoms with Crippen molar-refractivity contribution in [2.75, 3.05) is 23.3 Å². The van der Waals surface area contributed by atoms with Crippen molar-refractivity contribution in [2.45, 2.75) is 32.2 Å². The van der Waals surface area contributed by atoms with Crippen LogP contribution in [0.5, 0.6) is 0 Å². The number of aromatic nitrogens is 4. The van der Waals surface area contributed by atoms with Gasteiger partial charge in [-0.1, -0.05) is 0 Å². The van der Waals surface area contributed by atoms with Crippen LogP contribution in [0.25, 0.3) is 5.65 Å². The first-order valence-corrected chi connectivity index (χ1v) is 10.3. The molecule has 31 heavy (non-hydrogen) atoms. The van der Waals surface area contributed by atoms with Gasteiger partial charge in [0, 0.05) is 44.0 Å². The average Bonchev–Trinajstić information content (AvgIpc) is 3.39. The van der Waals surface area contributed by atoms with Gasteiger partial charge in [0.25, 0.3) is 5.91 Å². The predicted molar refractivity (Wildman–Crippen MR) is 111 cm³/mol. The summed E-state index contributed by atoms with van der Waals surface area (Å²) < 4.78 is 15.7. The summed E-state index contributed by atoms with van der Waals surface area (Å²) in [6, 6.07) is 1.81. The monoisotopic (exact) mass is 423 g/mol. The van der Waals surface area contributed by atoms with Crippen molar-refractivity contribution in [3.8, 4) is 0 Å². The summed E-state index contributed by atoms with van der Waals surface area (Å²) in [6.07, 6.45) is 8.89. The molecule has 2 fully saturated rings. The number of amides is 2. The van der Waals surface area contributed by atoms with Gasteiger partial charge < -0.3 is 15.0 Å². The van der Waals surface area contributed by atoms with Crippen molar-refractivity contribution in [3.63, 3.8) is 0 Å². The number of nitrogens with zero attached hydrogens (tertiary/aromatic N) is 5.